The molecule has 0 aliphatic heterocycles. The van der Waals surface area contributed by atoms with E-state index in [1.54, 1.807) is 13.0 Å². The van der Waals surface area contributed by atoms with Gasteiger partial charge >= 0.3 is 0 Å². The minimum Gasteiger partial charge on any atom is -0.387 e. The first-order valence-electron chi connectivity index (χ1n) is 5.99. The average Bonchev–Trinajstić information content (AvgIpc) is 2.78. The van der Waals surface area contributed by atoms with Crippen molar-refractivity contribution in [2.24, 2.45) is 0 Å². The van der Waals surface area contributed by atoms with Crippen LogP contribution < -0.4 is 4.72 Å². The highest BCUT2D eigenvalue weighted by Gasteiger charge is 2.20. The second-order valence-electron chi connectivity index (χ2n) is 4.44. The lowest BCUT2D eigenvalue weighted by Crippen LogP contribution is -2.28. The highest BCUT2D eigenvalue weighted by molar-refractivity contribution is 9.11. The summed E-state index contributed by atoms with van der Waals surface area (Å²) in [7, 11) is -3.67. The molecule has 0 aliphatic carbocycles. The molecule has 0 spiro atoms. The summed E-state index contributed by atoms with van der Waals surface area (Å²) in [5.41, 5.74) is 1.28. The summed E-state index contributed by atoms with van der Waals surface area (Å²) < 4.78 is 40.3. The summed E-state index contributed by atoms with van der Waals surface area (Å²) in [6, 6.07) is 6.82. The number of sulfonamides is 1. The number of rotatable bonds is 5. The first-order valence-corrected chi connectivity index (χ1v) is 9.08. The van der Waals surface area contributed by atoms with Crippen LogP contribution in [0.25, 0.3) is 0 Å². The van der Waals surface area contributed by atoms with Crippen molar-refractivity contribution in [1.29, 1.82) is 0 Å². The number of thiophene rings is 1. The monoisotopic (exact) mass is 393 g/mol. The summed E-state index contributed by atoms with van der Waals surface area (Å²) in [5.74, 6) is -0.412. The molecule has 0 unspecified atom stereocenters. The summed E-state index contributed by atoms with van der Waals surface area (Å²) in [6.07, 6.45) is -1.04. The van der Waals surface area contributed by atoms with Crippen LogP contribution in [0, 0.1) is 12.7 Å². The third kappa shape index (κ3) is 4.10. The third-order valence-electron chi connectivity index (χ3n) is 2.82. The third-order valence-corrected chi connectivity index (χ3v) is 6.85. The van der Waals surface area contributed by atoms with Gasteiger partial charge in [-0.05, 0) is 52.2 Å². The maximum atomic E-state index is 12.8. The van der Waals surface area contributed by atoms with Crippen molar-refractivity contribution in [1.82, 2.24) is 4.72 Å². The van der Waals surface area contributed by atoms with Crippen LogP contribution >= 0.6 is 27.3 Å². The molecule has 2 aromatic rings. The van der Waals surface area contributed by atoms with E-state index in [0.717, 1.165) is 20.7 Å². The van der Waals surface area contributed by atoms with Gasteiger partial charge in [0, 0.05) is 6.54 Å². The zero-order valence-electron chi connectivity index (χ0n) is 11.0. The first-order chi connectivity index (χ1) is 9.79. The quantitative estimate of drug-likeness (QED) is 0.820. The average molecular weight is 394 g/mol. The fourth-order valence-electron chi connectivity index (χ4n) is 1.63. The summed E-state index contributed by atoms with van der Waals surface area (Å²) in [6.45, 7) is 1.62. The molecule has 0 amide bonds. The zero-order chi connectivity index (χ0) is 15.6. The van der Waals surface area contributed by atoms with Gasteiger partial charge in [-0.1, -0.05) is 12.1 Å². The molecule has 21 heavy (non-hydrogen) atoms. The number of aryl methyl sites for hydroxylation is 1. The molecule has 2 N–H and O–H groups in total. The Morgan fingerprint density at radius 2 is 2.00 bits per heavy atom. The van der Waals surface area contributed by atoms with Gasteiger partial charge in [0.25, 0.3) is 0 Å². The van der Waals surface area contributed by atoms with E-state index in [9.17, 15) is 17.9 Å². The van der Waals surface area contributed by atoms with Crippen LogP contribution in [-0.2, 0) is 10.0 Å². The fraction of sp³-hybridized carbons (Fsp3) is 0.231. The second kappa shape index (κ2) is 6.53. The van der Waals surface area contributed by atoms with Crippen molar-refractivity contribution >= 4 is 37.3 Å². The van der Waals surface area contributed by atoms with E-state index in [0.29, 0.717) is 5.56 Å². The van der Waals surface area contributed by atoms with E-state index in [-0.39, 0.29) is 10.8 Å². The van der Waals surface area contributed by atoms with Crippen molar-refractivity contribution in [2.45, 2.75) is 17.2 Å². The van der Waals surface area contributed by atoms with Gasteiger partial charge in [-0.25, -0.2) is 17.5 Å². The smallest absolute Gasteiger partial charge is 0.250 e. The van der Waals surface area contributed by atoms with Crippen molar-refractivity contribution in [3.63, 3.8) is 0 Å². The molecule has 114 valence electrons. The molecule has 1 aromatic heterocycles. The number of nitrogens with one attached hydrogen (secondary N) is 1. The van der Waals surface area contributed by atoms with Crippen molar-refractivity contribution in [2.75, 3.05) is 6.54 Å². The van der Waals surface area contributed by atoms with Crippen molar-refractivity contribution in [3.05, 3.63) is 51.1 Å². The molecule has 0 aliphatic rings. The minimum absolute atomic E-state index is 0.178. The van der Waals surface area contributed by atoms with Crippen molar-refractivity contribution in [3.8, 4) is 0 Å². The molecule has 2 rings (SSSR count). The fourth-order valence-corrected chi connectivity index (χ4v) is 4.94. The van der Waals surface area contributed by atoms with Gasteiger partial charge in [0.05, 0.1) is 9.89 Å². The number of halogens is 2. The lowest BCUT2D eigenvalue weighted by Gasteiger charge is -2.12. The Morgan fingerprint density at radius 3 is 2.52 bits per heavy atom. The van der Waals surface area contributed by atoms with E-state index < -0.39 is 21.9 Å². The lowest BCUT2D eigenvalue weighted by atomic mass is 10.1. The Labute approximate surface area is 134 Å². The lowest BCUT2D eigenvalue weighted by molar-refractivity contribution is 0.182. The van der Waals surface area contributed by atoms with Gasteiger partial charge in [-0.2, -0.15) is 0 Å². The van der Waals surface area contributed by atoms with Gasteiger partial charge in [0.2, 0.25) is 10.0 Å². The molecule has 0 fully saturated rings. The standard InChI is InChI=1S/C13H13BrFNO3S2/c1-8-6-12(20-13(8)14)21(18,19)16-7-11(17)9-2-4-10(15)5-3-9/h2-6,11,16-17H,7H2,1H3/t11-/m0/s1. The maximum Gasteiger partial charge on any atom is 0.250 e. The number of hydrogen-bond acceptors (Lipinski definition) is 4. The number of aliphatic hydroxyl groups is 1. The summed E-state index contributed by atoms with van der Waals surface area (Å²) in [5, 5.41) is 9.93. The topological polar surface area (TPSA) is 66.4 Å². The highest BCUT2D eigenvalue weighted by Crippen LogP contribution is 2.30. The molecule has 0 radical (unpaired) electrons. The van der Waals surface area contributed by atoms with E-state index in [2.05, 4.69) is 20.7 Å². The molecule has 4 nitrogen and oxygen atoms in total. The Morgan fingerprint density at radius 1 is 1.38 bits per heavy atom. The highest BCUT2D eigenvalue weighted by atomic mass is 79.9. The maximum absolute atomic E-state index is 12.8. The predicted molar refractivity (Wildman–Crippen MR) is 83.3 cm³/mol. The Balaban J connectivity index is 2.06. The van der Waals surface area contributed by atoms with Crippen LogP contribution in [0.3, 0.4) is 0 Å². The van der Waals surface area contributed by atoms with E-state index in [1.165, 1.54) is 24.3 Å². The predicted octanol–water partition coefficient (Wildman–Crippen LogP) is 2.97. The SMILES string of the molecule is Cc1cc(S(=O)(=O)NC[C@H](O)c2ccc(F)cc2)sc1Br. The Kier molecular flexibility index (Phi) is 5.15. The minimum atomic E-state index is -3.67. The molecule has 0 saturated carbocycles. The summed E-state index contributed by atoms with van der Waals surface area (Å²) >= 11 is 4.38. The van der Waals surface area contributed by atoms with Gasteiger partial charge in [-0.3, -0.25) is 0 Å². The van der Waals surface area contributed by atoms with Gasteiger partial charge < -0.3 is 5.11 Å². The van der Waals surface area contributed by atoms with Gasteiger partial charge in [0.15, 0.2) is 0 Å². The van der Waals surface area contributed by atoms with Crippen LogP contribution in [0.15, 0.2) is 38.3 Å². The van der Waals surface area contributed by atoms with E-state index >= 15 is 0 Å². The van der Waals surface area contributed by atoms with Crippen LogP contribution in [0.5, 0.6) is 0 Å². The Hall–Kier alpha value is -0.800. The second-order valence-corrected chi connectivity index (χ2v) is 8.81. The van der Waals surface area contributed by atoms with E-state index in [4.69, 9.17) is 0 Å². The molecule has 1 atom stereocenters. The molecular weight excluding hydrogens is 381 g/mol. The Bertz CT molecular complexity index is 709. The molecular formula is C13H13BrFNO3S2. The molecule has 0 saturated heterocycles. The first kappa shape index (κ1) is 16.6. The van der Waals surface area contributed by atoms with Crippen LogP contribution in [0.4, 0.5) is 4.39 Å². The number of benzene rings is 1. The number of aliphatic hydroxyl groups excluding tert-OH is 1. The van der Waals surface area contributed by atoms with Gasteiger partial charge in [-0.15, -0.1) is 11.3 Å². The van der Waals surface area contributed by atoms with Crippen molar-refractivity contribution < 1.29 is 17.9 Å². The van der Waals surface area contributed by atoms with Gasteiger partial charge in [0.1, 0.15) is 10.0 Å². The largest absolute Gasteiger partial charge is 0.387 e. The summed E-state index contributed by atoms with van der Waals surface area (Å²) in [4.78, 5) is 0. The molecule has 0 bridgehead atoms. The van der Waals surface area contributed by atoms with Crippen LogP contribution in [0.1, 0.15) is 17.2 Å². The molecule has 1 aromatic carbocycles. The van der Waals surface area contributed by atoms with E-state index in [1.807, 2.05) is 0 Å². The van der Waals surface area contributed by atoms with Crippen LogP contribution in [0.2, 0.25) is 0 Å². The number of hydrogen-bond donors (Lipinski definition) is 2. The van der Waals surface area contributed by atoms with Crippen LogP contribution in [-0.4, -0.2) is 20.1 Å². The zero-order valence-corrected chi connectivity index (χ0v) is 14.2. The normalized spacial score (nSPS) is 13.3. The molecule has 1 heterocycles. The molecule has 8 heteroatoms.